The van der Waals surface area contributed by atoms with Gasteiger partial charge in [-0.05, 0) is 80.8 Å². The summed E-state index contributed by atoms with van der Waals surface area (Å²) >= 11 is 0. The van der Waals surface area contributed by atoms with Gasteiger partial charge in [0, 0.05) is 6.42 Å². The summed E-state index contributed by atoms with van der Waals surface area (Å²) in [6.45, 7) is 10.3. The Hall–Kier alpha value is -0.900. The summed E-state index contributed by atoms with van der Waals surface area (Å²) < 4.78 is 0. The molecule has 25 heavy (non-hydrogen) atoms. The minimum Gasteiger partial charge on any atom is -0.393 e. The van der Waals surface area contributed by atoms with Crippen LogP contribution in [0.4, 0.5) is 0 Å². The molecule has 3 aliphatic carbocycles. The van der Waals surface area contributed by atoms with Crippen molar-refractivity contribution in [3.05, 3.63) is 35.5 Å². The molecular weight excluding hydrogens is 312 g/mol. The highest BCUT2D eigenvalue weighted by Crippen LogP contribution is 2.60. The normalized spacial score (nSPS) is 42.9. The summed E-state index contributed by atoms with van der Waals surface area (Å²) in [5, 5.41) is 30.6. The Labute approximate surface area is 152 Å². The van der Waals surface area contributed by atoms with Crippen LogP contribution >= 0.6 is 0 Å². The van der Waals surface area contributed by atoms with Crippen molar-refractivity contribution < 1.29 is 15.3 Å². The van der Waals surface area contributed by atoms with E-state index in [2.05, 4.69) is 25.7 Å². The Morgan fingerprint density at radius 1 is 1.20 bits per heavy atom. The topological polar surface area (TPSA) is 60.7 Å². The molecule has 0 aromatic rings. The maximum absolute atomic E-state index is 10.6. The van der Waals surface area contributed by atoms with Gasteiger partial charge in [0.2, 0.25) is 0 Å². The van der Waals surface area contributed by atoms with Gasteiger partial charge in [0.1, 0.15) is 0 Å². The van der Waals surface area contributed by atoms with Crippen molar-refractivity contribution >= 4 is 0 Å². The molecule has 0 spiro atoms. The van der Waals surface area contributed by atoms with E-state index in [1.54, 1.807) is 0 Å². The highest BCUT2D eigenvalue weighted by Gasteiger charge is 2.53. The maximum atomic E-state index is 10.6. The average Bonchev–Trinajstić information content (AvgIpc) is 2.87. The van der Waals surface area contributed by atoms with Crippen LogP contribution in [-0.2, 0) is 0 Å². The Balaban J connectivity index is 1.85. The van der Waals surface area contributed by atoms with Crippen LogP contribution in [0.2, 0.25) is 0 Å². The second-order valence-corrected chi connectivity index (χ2v) is 9.26. The molecule has 0 amide bonds. The van der Waals surface area contributed by atoms with Gasteiger partial charge in [0.05, 0.1) is 17.8 Å². The molecule has 0 radical (unpaired) electrons. The number of allylic oxidation sites excluding steroid dienone is 3. The molecule has 140 valence electrons. The second kappa shape index (κ2) is 6.68. The van der Waals surface area contributed by atoms with E-state index in [1.165, 1.54) is 18.4 Å². The fraction of sp³-hybridized carbons (Fsp3) is 0.727. The Kier molecular flexibility index (Phi) is 5.04. The Bertz CT molecular complexity index is 595. The van der Waals surface area contributed by atoms with Gasteiger partial charge in [-0.1, -0.05) is 31.2 Å². The number of fused-ring (bicyclic) bond motifs is 1. The van der Waals surface area contributed by atoms with Crippen molar-refractivity contribution in [3.8, 4) is 0 Å². The van der Waals surface area contributed by atoms with Crippen LogP contribution in [0.25, 0.3) is 0 Å². The Morgan fingerprint density at radius 2 is 1.92 bits per heavy atom. The smallest absolute Gasteiger partial charge is 0.0811 e. The largest absolute Gasteiger partial charge is 0.393 e. The van der Waals surface area contributed by atoms with Crippen LogP contribution in [0.15, 0.2) is 35.5 Å². The lowest BCUT2D eigenvalue weighted by atomic mass is 9.60. The molecule has 0 saturated heterocycles. The monoisotopic (exact) mass is 346 g/mol. The van der Waals surface area contributed by atoms with E-state index < -0.39 is 17.8 Å². The third kappa shape index (κ3) is 3.51. The zero-order valence-electron chi connectivity index (χ0n) is 16.0. The number of aliphatic hydroxyl groups is 3. The molecule has 5 atom stereocenters. The first-order valence-corrected chi connectivity index (χ1v) is 9.80. The predicted molar refractivity (Wildman–Crippen MR) is 101 cm³/mol. The van der Waals surface area contributed by atoms with Crippen LogP contribution in [0.3, 0.4) is 0 Å². The van der Waals surface area contributed by atoms with Crippen LogP contribution < -0.4 is 0 Å². The maximum Gasteiger partial charge on any atom is 0.0811 e. The zero-order valence-corrected chi connectivity index (χ0v) is 16.0. The van der Waals surface area contributed by atoms with Gasteiger partial charge < -0.3 is 15.3 Å². The minimum atomic E-state index is -0.629. The predicted octanol–water partition coefficient (Wildman–Crippen LogP) is 3.90. The lowest BCUT2D eigenvalue weighted by molar-refractivity contribution is -0.0449. The summed E-state index contributed by atoms with van der Waals surface area (Å²) in [5.74, 6) is 0.871. The SMILES string of the molecule is C=C1/C(=C\C=C2/CCCC3(C)C2CCC3C(C)(C)O)CC(O)CC1O. The average molecular weight is 347 g/mol. The molecule has 5 unspecified atom stereocenters. The molecule has 3 rings (SSSR count). The molecular formula is C22H34O3. The first-order chi connectivity index (χ1) is 11.6. The number of hydrogen-bond donors (Lipinski definition) is 3. The zero-order chi connectivity index (χ0) is 18.4. The minimum absolute atomic E-state index is 0.170. The lowest BCUT2D eigenvalue weighted by Gasteiger charge is -2.46. The van der Waals surface area contributed by atoms with E-state index >= 15 is 0 Å². The number of hydrogen-bond acceptors (Lipinski definition) is 3. The molecule has 0 bridgehead atoms. The molecule has 3 N–H and O–H groups in total. The summed E-state index contributed by atoms with van der Waals surface area (Å²) in [7, 11) is 0. The van der Waals surface area contributed by atoms with E-state index in [-0.39, 0.29) is 5.41 Å². The van der Waals surface area contributed by atoms with Crippen LogP contribution in [0.5, 0.6) is 0 Å². The van der Waals surface area contributed by atoms with Gasteiger partial charge >= 0.3 is 0 Å². The molecule has 0 aliphatic heterocycles. The molecule has 3 heteroatoms. The van der Waals surface area contributed by atoms with Gasteiger partial charge in [-0.2, -0.15) is 0 Å². The molecule has 0 heterocycles. The number of aliphatic hydroxyl groups excluding tert-OH is 2. The summed E-state index contributed by atoms with van der Waals surface area (Å²) in [6.07, 6.45) is 9.85. The van der Waals surface area contributed by atoms with Gasteiger partial charge in [-0.15, -0.1) is 0 Å². The van der Waals surface area contributed by atoms with Crippen LogP contribution in [0, 0.1) is 17.3 Å². The van der Waals surface area contributed by atoms with Crippen LogP contribution in [-0.4, -0.2) is 33.1 Å². The highest BCUT2D eigenvalue weighted by atomic mass is 16.3. The summed E-state index contributed by atoms with van der Waals surface area (Å²) in [4.78, 5) is 0. The second-order valence-electron chi connectivity index (χ2n) is 9.26. The van der Waals surface area contributed by atoms with Gasteiger partial charge in [0.15, 0.2) is 0 Å². The highest BCUT2D eigenvalue weighted by molar-refractivity contribution is 5.38. The van der Waals surface area contributed by atoms with Crippen molar-refractivity contribution in [2.75, 3.05) is 0 Å². The molecule has 3 aliphatic rings. The van der Waals surface area contributed by atoms with E-state index in [0.717, 1.165) is 30.4 Å². The van der Waals surface area contributed by atoms with E-state index in [1.807, 2.05) is 13.8 Å². The number of rotatable bonds is 2. The van der Waals surface area contributed by atoms with Crippen molar-refractivity contribution in [3.63, 3.8) is 0 Å². The van der Waals surface area contributed by atoms with E-state index in [4.69, 9.17) is 0 Å². The fourth-order valence-electron chi connectivity index (χ4n) is 5.87. The third-order valence-electron chi connectivity index (χ3n) is 7.08. The summed E-state index contributed by atoms with van der Waals surface area (Å²) in [5.41, 5.74) is 2.74. The van der Waals surface area contributed by atoms with Gasteiger partial charge in [0.25, 0.3) is 0 Å². The van der Waals surface area contributed by atoms with Crippen molar-refractivity contribution in [2.24, 2.45) is 17.3 Å². The first-order valence-electron chi connectivity index (χ1n) is 9.80. The van der Waals surface area contributed by atoms with Crippen molar-refractivity contribution in [1.29, 1.82) is 0 Å². The Morgan fingerprint density at radius 3 is 2.60 bits per heavy atom. The van der Waals surface area contributed by atoms with Crippen LogP contribution in [0.1, 0.15) is 65.7 Å². The quantitative estimate of drug-likeness (QED) is 0.711. The molecule has 3 nitrogen and oxygen atoms in total. The molecule has 0 aromatic carbocycles. The molecule has 3 fully saturated rings. The van der Waals surface area contributed by atoms with Gasteiger partial charge in [-0.3, -0.25) is 0 Å². The molecule has 0 aromatic heterocycles. The van der Waals surface area contributed by atoms with E-state index in [0.29, 0.717) is 24.7 Å². The fourth-order valence-corrected chi connectivity index (χ4v) is 5.87. The lowest BCUT2D eigenvalue weighted by Crippen LogP contribution is -2.43. The first kappa shape index (κ1) is 18.9. The standard InChI is InChI=1S/C22H34O3/c1-14-16(12-17(23)13-19(14)24)8-7-15-6-5-11-22(4)18(15)9-10-20(22)21(2,3)25/h7-8,17-20,23-25H,1,5-6,9-13H2,2-4H3/b15-7+,16-8-. The van der Waals surface area contributed by atoms with Crippen molar-refractivity contribution in [2.45, 2.75) is 83.5 Å². The molecule has 3 saturated carbocycles. The van der Waals surface area contributed by atoms with E-state index in [9.17, 15) is 15.3 Å². The third-order valence-corrected chi connectivity index (χ3v) is 7.08. The van der Waals surface area contributed by atoms with Gasteiger partial charge in [-0.25, -0.2) is 0 Å². The van der Waals surface area contributed by atoms with Crippen molar-refractivity contribution in [1.82, 2.24) is 0 Å². The summed E-state index contributed by atoms with van der Waals surface area (Å²) in [6, 6.07) is 0.